The Morgan fingerprint density at radius 3 is 1.15 bits per heavy atom. The second kappa shape index (κ2) is 18.3. The second-order valence-corrected chi connectivity index (χ2v) is 23.6. The number of para-hydroxylation sites is 1. The molecule has 0 fully saturated rings. The quantitative estimate of drug-likeness (QED) is 0.138. The van der Waals surface area contributed by atoms with Gasteiger partial charge >= 0.3 is 0 Å². The molecule has 0 saturated carbocycles. The molecule has 1 aromatic heterocycles. The monoisotopic (exact) mass is 1050 g/mol. The van der Waals surface area contributed by atoms with E-state index in [-0.39, 0.29) is 10.8 Å². The summed E-state index contributed by atoms with van der Waals surface area (Å²) in [6, 6.07) is 104. The summed E-state index contributed by atoms with van der Waals surface area (Å²) >= 11 is 0. The van der Waals surface area contributed by atoms with Gasteiger partial charge in [-0.3, -0.25) is 0 Å². The van der Waals surface area contributed by atoms with Gasteiger partial charge in [-0.15, -0.1) is 0 Å². The van der Waals surface area contributed by atoms with Gasteiger partial charge in [0.15, 0.2) is 0 Å². The van der Waals surface area contributed by atoms with Gasteiger partial charge in [0.2, 0.25) is 0 Å². The van der Waals surface area contributed by atoms with Gasteiger partial charge in [0.25, 0.3) is 0 Å². The zero-order valence-corrected chi connectivity index (χ0v) is 46.5. The normalized spacial score (nSPS) is 13.6. The average Bonchev–Trinajstić information content (AvgIpc) is 4.23. The van der Waals surface area contributed by atoms with E-state index < -0.39 is 0 Å². The minimum atomic E-state index is -0.277. The van der Waals surface area contributed by atoms with Crippen molar-refractivity contribution >= 4 is 60.4 Å². The second-order valence-electron chi connectivity index (χ2n) is 23.6. The lowest BCUT2D eigenvalue weighted by molar-refractivity contribution is 0.660. The fourth-order valence-corrected chi connectivity index (χ4v) is 14.3. The highest BCUT2D eigenvalue weighted by molar-refractivity contribution is 6.22. The van der Waals surface area contributed by atoms with Crippen LogP contribution in [0.2, 0.25) is 0 Å². The molecule has 2 aliphatic carbocycles. The van der Waals surface area contributed by atoms with Crippen LogP contribution in [0.15, 0.2) is 279 Å². The highest BCUT2D eigenvalue weighted by Crippen LogP contribution is 2.55. The molecule has 0 N–H and O–H groups in total. The number of fused-ring (bicyclic) bond motifs is 11. The summed E-state index contributed by atoms with van der Waals surface area (Å²) in [6.45, 7) is 9.58. The third-order valence-electron chi connectivity index (χ3n) is 18.4. The van der Waals surface area contributed by atoms with Crippen molar-refractivity contribution in [2.75, 3.05) is 4.90 Å². The van der Waals surface area contributed by atoms with E-state index in [2.05, 4.69) is 316 Å². The summed E-state index contributed by atoms with van der Waals surface area (Å²) in [7, 11) is 0. The number of aromatic nitrogens is 1. The third kappa shape index (κ3) is 7.27. The van der Waals surface area contributed by atoms with Gasteiger partial charge < -0.3 is 9.47 Å². The molecular weight excluding hydrogens is 989 g/mol. The van der Waals surface area contributed by atoms with Crippen molar-refractivity contribution in [2.24, 2.45) is 0 Å². The molecule has 2 nitrogen and oxygen atoms in total. The fourth-order valence-electron chi connectivity index (χ4n) is 14.3. The van der Waals surface area contributed by atoms with Crippen molar-refractivity contribution < 1.29 is 0 Å². The molecule has 0 amide bonds. The van der Waals surface area contributed by atoms with Gasteiger partial charge in [0.05, 0.1) is 11.0 Å². The Hall–Kier alpha value is -10.0. The Morgan fingerprint density at radius 2 is 0.634 bits per heavy atom. The molecule has 0 radical (unpaired) electrons. The lowest BCUT2D eigenvalue weighted by Crippen LogP contribution is -2.16. The number of benzene rings is 13. The molecule has 0 atom stereocenters. The van der Waals surface area contributed by atoms with Gasteiger partial charge in [0, 0.05) is 44.4 Å². The van der Waals surface area contributed by atoms with Gasteiger partial charge in [-0.25, -0.2) is 0 Å². The molecule has 0 unspecified atom stereocenters. The van der Waals surface area contributed by atoms with Crippen LogP contribution in [0.4, 0.5) is 17.1 Å². The Labute approximate surface area is 479 Å². The predicted octanol–water partition coefficient (Wildman–Crippen LogP) is 21.8. The topological polar surface area (TPSA) is 8.17 Å². The van der Waals surface area contributed by atoms with E-state index >= 15 is 0 Å². The summed E-state index contributed by atoms with van der Waals surface area (Å²) < 4.78 is 2.43. The van der Waals surface area contributed by atoms with E-state index in [0.29, 0.717) is 0 Å². The standard InChI is InChI=1S/C80H58N2/c1-79(2)71-31-19-18-26-61(71)62-41-32-55(48-72(62)79)77-65-27-14-16-29-67(65)78(68-30-17-15-28-66(68)77)56-33-42-63-64-43-40-60(50-74(64)80(3,4)73(63)49-56)81(57-24-12-7-13-25-57)58-36-38-59(39-37-58)82-75-44-34-53(51-20-8-5-9-21-51)46-69(75)70-47-54(35-45-76(70)82)52-22-10-6-11-23-52/h5-50H,1-4H3. The largest absolute Gasteiger partial charge is 0.310 e. The lowest BCUT2D eigenvalue weighted by Gasteiger charge is -2.28. The first-order chi connectivity index (χ1) is 40.2. The van der Waals surface area contributed by atoms with Crippen LogP contribution in [0.1, 0.15) is 49.9 Å². The van der Waals surface area contributed by atoms with Gasteiger partial charge in [-0.05, 0) is 195 Å². The van der Waals surface area contributed by atoms with Crippen LogP contribution in [0.25, 0.3) is 116 Å². The molecule has 0 saturated heterocycles. The molecule has 0 bridgehead atoms. The molecule has 0 spiro atoms. The molecule has 14 aromatic rings. The van der Waals surface area contributed by atoms with Crippen molar-refractivity contribution in [3.05, 3.63) is 301 Å². The SMILES string of the molecule is CC1(C)c2ccccc2-c2ccc(-c3c4ccccc4c(-c4ccc5c(c4)C(C)(C)c4cc(N(c6ccccc6)c6ccc(-n7c8ccc(-c9ccccc9)cc8c8cc(-c9ccccc9)ccc87)cc6)ccc4-5)c4ccccc34)cc21. The summed E-state index contributed by atoms with van der Waals surface area (Å²) in [6.07, 6.45) is 0. The number of hydrogen-bond acceptors (Lipinski definition) is 1. The molecule has 2 aliphatic rings. The summed E-state index contributed by atoms with van der Waals surface area (Å²) in [5.41, 5.74) is 27.1. The Morgan fingerprint density at radius 1 is 0.256 bits per heavy atom. The first-order valence-corrected chi connectivity index (χ1v) is 28.8. The van der Waals surface area contributed by atoms with Crippen LogP contribution in [0, 0.1) is 0 Å². The first-order valence-electron chi connectivity index (χ1n) is 28.8. The Bertz CT molecular complexity index is 4730. The lowest BCUT2D eigenvalue weighted by atomic mass is 9.79. The minimum Gasteiger partial charge on any atom is -0.310 e. The van der Waals surface area contributed by atoms with Crippen molar-refractivity contribution in [2.45, 2.75) is 38.5 Å². The maximum Gasteiger partial charge on any atom is 0.0541 e. The van der Waals surface area contributed by atoms with Crippen LogP contribution in [-0.2, 0) is 10.8 Å². The van der Waals surface area contributed by atoms with Crippen LogP contribution in [0.3, 0.4) is 0 Å². The zero-order valence-electron chi connectivity index (χ0n) is 46.5. The highest BCUT2D eigenvalue weighted by Gasteiger charge is 2.38. The van der Waals surface area contributed by atoms with Crippen LogP contribution < -0.4 is 4.90 Å². The van der Waals surface area contributed by atoms with Crippen LogP contribution >= 0.6 is 0 Å². The number of rotatable bonds is 8. The van der Waals surface area contributed by atoms with E-state index in [1.165, 1.54) is 132 Å². The maximum atomic E-state index is 2.51. The van der Waals surface area contributed by atoms with E-state index in [4.69, 9.17) is 0 Å². The number of nitrogens with zero attached hydrogens (tertiary/aromatic N) is 2. The van der Waals surface area contributed by atoms with E-state index in [9.17, 15) is 0 Å². The Kier molecular flexibility index (Phi) is 10.7. The molecule has 388 valence electrons. The van der Waals surface area contributed by atoms with E-state index in [0.717, 1.165) is 22.7 Å². The van der Waals surface area contributed by atoms with Gasteiger partial charge in [-0.1, -0.05) is 222 Å². The number of anilines is 3. The molecule has 16 rings (SSSR count). The predicted molar refractivity (Wildman–Crippen MR) is 347 cm³/mol. The average molecular weight is 1050 g/mol. The van der Waals surface area contributed by atoms with Crippen LogP contribution in [0.5, 0.6) is 0 Å². The number of hydrogen-bond donors (Lipinski definition) is 0. The molecule has 2 heteroatoms. The summed E-state index contributed by atoms with van der Waals surface area (Å²) in [5, 5.41) is 7.56. The molecule has 13 aromatic carbocycles. The fraction of sp³-hybridized carbons (Fsp3) is 0.0750. The Balaban J connectivity index is 0.780. The third-order valence-corrected chi connectivity index (χ3v) is 18.4. The summed E-state index contributed by atoms with van der Waals surface area (Å²) in [4.78, 5) is 2.42. The van der Waals surface area contributed by atoms with Crippen molar-refractivity contribution in [1.29, 1.82) is 0 Å². The minimum absolute atomic E-state index is 0.0896. The van der Waals surface area contributed by atoms with E-state index in [1.54, 1.807) is 0 Å². The van der Waals surface area contributed by atoms with Gasteiger partial charge in [0.1, 0.15) is 0 Å². The van der Waals surface area contributed by atoms with Crippen molar-refractivity contribution in [1.82, 2.24) is 4.57 Å². The van der Waals surface area contributed by atoms with Crippen molar-refractivity contribution in [3.8, 4) is 72.4 Å². The zero-order chi connectivity index (χ0) is 54.8. The molecular formula is C80H58N2. The highest BCUT2D eigenvalue weighted by atomic mass is 15.1. The van der Waals surface area contributed by atoms with Gasteiger partial charge in [-0.2, -0.15) is 0 Å². The van der Waals surface area contributed by atoms with Crippen LogP contribution in [-0.4, -0.2) is 4.57 Å². The maximum absolute atomic E-state index is 2.51. The first kappa shape index (κ1) is 47.9. The molecule has 0 aliphatic heterocycles. The molecule has 82 heavy (non-hydrogen) atoms. The smallest absolute Gasteiger partial charge is 0.0541 e. The summed E-state index contributed by atoms with van der Waals surface area (Å²) in [5.74, 6) is 0. The van der Waals surface area contributed by atoms with E-state index in [1.807, 2.05) is 0 Å². The van der Waals surface area contributed by atoms with Crippen molar-refractivity contribution in [3.63, 3.8) is 0 Å². The molecule has 1 heterocycles.